The maximum absolute atomic E-state index is 12.2. The number of carbonyl (C=O) groups excluding carboxylic acids is 1. The first-order chi connectivity index (χ1) is 11.7. The van der Waals surface area contributed by atoms with Gasteiger partial charge in [0.1, 0.15) is 29.8 Å². The van der Waals surface area contributed by atoms with Crippen molar-refractivity contribution in [1.29, 1.82) is 0 Å². The number of halogens is 1. The number of rotatable bonds is 6. The van der Waals surface area contributed by atoms with E-state index in [1.54, 1.807) is 25.1 Å². The van der Waals surface area contributed by atoms with E-state index in [0.717, 1.165) is 0 Å². The van der Waals surface area contributed by atoms with Crippen LogP contribution in [0.3, 0.4) is 0 Å². The first-order valence-electron chi connectivity index (χ1n) is 8.22. The lowest BCUT2D eigenvalue weighted by Gasteiger charge is -2.23. The van der Waals surface area contributed by atoms with Crippen molar-refractivity contribution in [3.63, 3.8) is 0 Å². The van der Waals surface area contributed by atoms with Crippen LogP contribution in [0.2, 0.25) is 5.02 Å². The fourth-order valence-electron chi connectivity index (χ4n) is 2.29. The van der Waals surface area contributed by atoms with E-state index < -0.39 is 17.7 Å². The molecule has 0 N–H and O–H groups in total. The number of ether oxygens (including phenoxy) is 3. The quantitative estimate of drug-likeness (QED) is 0.717. The zero-order valence-corrected chi connectivity index (χ0v) is 15.9. The second-order valence-electron chi connectivity index (χ2n) is 6.65. The van der Waals surface area contributed by atoms with E-state index in [4.69, 9.17) is 30.6 Å². The van der Waals surface area contributed by atoms with Gasteiger partial charge in [0.15, 0.2) is 6.10 Å². The maximum atomic E-state index is 12.2. The van der Waals surface area contributed by atoms with Gasteiger partial charge in [-0.25, -0.2) is 4.79 Å². The summed E-state index contributed by atoms with van der Waals surface area (Å²) in [6.07, 6.45) is -1.09. The molecule has 0 aromatic heterocycles. The molecule has 0 fully saturated rings. The van der Waals surface area contributed by atoms with Gasteiger partial charge in [0.2, 0.25) is 0 Å². The fraction of sp³-hybridized carbons (Fsp3) is 0.556. The zero-order valence-electron chi connectivity index (χ0n) is 15.2. The summed E-state index contributed by atoms with van der Waals surface area (Å²) >= 11 is 6.12. The lowest BCUT2D eigenvalue weighted by atomic mass is 10.0. The Labute approximate surface area is 153 Å². The highest BCUT2D eigenvalue weighted by molar-refractivity contribution is 6.31. The van der Waals surface area contributed by atoms with Crippen LogP contribution in [0.1, 0.15) is 40.2 Å². The Kier molecular flexibility index (Phi) is 6.30. The number of benzene rings is 1. The van der Waals surface area contributed by atoms with Crippen molar-refractivity contribution < 1.29 is 23.8 Å². The van der Waals surface area contributed by atoms with Crippen LogP contribution in [0.15, 0.2) is 23.4 Å². The van der Waals surface area contributed by atoms with Crippen LogP contribution in [0.25, 0.3) is 0 Å². The second-order valence-corrected chi connectivity index (χ2v) is 7.09. The molecule has 0 saturated carbocycles. The Morgan fingerprint density at radius 3 is 2.80 bits per heavy atom. The summed E-state index contributed by atoms with van der Waals surface area (Å²) in [6, 6.07) is 5.11. The van der Waals surface area contributed by atoms with E-state index in [0.29, 0.717) is 35.3 Å². The van der Waals surface area contributed by atoms with Crippen molar-refractivity contribution in [2.75, 3.05) is 13.2 Å². The molecule has 2 rings (SSSR count). The van der Waals surface area contributed by atoms with Crippen LogP contribution >= 0.6 is 11.6 Å². The van der Waals surface area contributed by atoms with Crippen LogP contribution in [0.4, 0.5) is 0 Å². The highest BCUT2D eigenvalue weighted by Crippen LogP contribution is 2.28. The molecule has 0 aliphatic carbocycles. The van der Waals surface area contributed by atoms with Gasteiger partial charge in [-0.2, -0.15) is 0 Å². The van der Waals surface area contributed by atoms with E-state index in [2.05, 4.69) is 5.16 Å². The van der Waals surface area contributed by atoms with Gasteiger partial charge in [0.25, 0.3) is 0 Å². The molecule has 0 saturated heterocycles. The Bertz CT molecular complexity index is 653. The molecule has 0 bridgehead atoms. The van der Waals surface area contributed by atoms with Gasteiger partial charge in [0, 0.05) is 17.2 Å². The van der Waals surface area contributed by atoms with Gasteiger partial charge >= 0.3 is 5.97 Å². The molecule has 1 aliphatic rings. The summed E-state index contributed by atoms with van der Waals surface area (Å²) < 4.78 is 16.8. The van der Waals surface area contributed by atoms with Crippen molar-refractivity contribution in [2.45, 2.75) is 52.4 Å². The Morgan fingerprint density at radius 1 is 1.44 bits per heavy atom. The van der Waals surface area contributed by atoms with Crippen LogP contribution < -0.4 is 4.74 Å². The van der Waals surface area contributed by atoms with Crippen molar-refractivity contribution in [3.8, 4) is 5.75 Å². The Hall–Kier alpha value is -1.79. The molecule has 7 heteroatoms. The average molecular weight is 370 g/mol. The average Bonchev–Trinajstić information content (AvgIpc) is 2.95. The first kappa shape index (κ1) is 19.5. The van der Waals surface area contributed by atoms with Crippen LogP contribution in [0, 0.1) is 0 Å². The van der Waals surface area contributed by atoms with Gasteiger partial charge in [-0.1, -0.05) is 16.8 Å². The van der Waals surface area contributed by atoms with Crippen molar-refractivity contribution >= 4 is 23.3 Å². The van der Waals surface area contributed by atoms with Crippen molar-refractivity contribution in [3.05, 3.63) is 28.8 Å². The molecule has 1 heterocycles. The minimum atomic E-state index is -0.785. The largest absolute Gasteiger partial charge is 0.478 e. The second kappa shape index (κ2) is 8.06. The zero-order chi connectivity index (χ0) is 18.6. The number of esters is 1. The standard InChI is InChI=1S/C18H24ClNO5/c1-6-22-15-10-23-20-16(15)13-9-12(19)7-8-14(13)24-11(2)17(21)25-18(3,4)5/h7-9,11,15H,6,10H2,1-5H3/t11-,15+/m0/s1. The molecule has 1 aliphatic heterocycles. The minimum absolute atomic E-state index is 0.303. The number of carbonyl (C=O) groups is 1. The molecule has 0 spiro atoms. The molecule has 0 amide bonds. The lowest BCUT2D eigenvalue weighted by molar-refractivity contribution is -0.162. The van der Waals surface area contributed by atoms with Crippen molar-refractivity contribution in [1.82, 2.24) is 0 Å². The topological polar surface area (TPSA) is 66.3 Å². The third-order valence-electron chi connectivity index (χ3n) is 3.32. The van der Waals surface area contributed by atoms with Crippen LogP contribution in [-0.2, 0) is 19.1 Å². The van der Waals surface area contributed by atoms with E-state index in [-0.39, 0.29) is 6.10 Å². The van der Waals surface area contributed by atoms with Gasteiger partial charge in [-0.15, -0.1) is 0 Å². The van der Waals surface area contributed by atoms with E-state index >= 15 is 0 Å². The predicted octanol–water partition coefficient (Wildman–Crippen LogP) is 3.59. The molecule has 6 nitrogen and oxygen atoms in total. The monoisotopic (exact) mass is 369 g/mol. The fourth-order valence-corrected chi connectivity index (χ4v) is 2.46. The summed E-state index contributed by atoms with van der Waals surface area (Å²) in [5, 5.41) is 4.58. The molecule has 25 heavy (non-hydrogen) atoms. The van der Waals surface area contributed by atoms with E-state index in [1.165, 1.54) is 0 Å². The van der Waals surface area contributed by atoms with E-state index in [9.17, 15) is 4.79 Å². The number of hydrogen-bond donors (Lipinski definition) is 0. The van der Waals surface area contributed by atoms with Gasteiger partial charge in [-0.05, 0) is 52.8 Å². The maximum Gasteiger partial charge on any atom is 0.347 e. The van der Waals surface area contributed by atoms with Crippen LogP contribution in [-0.4, -0.2) is 42.7 Å². The molecule has 0 unspecified atom stereocenters. The third kappa shape index (κ3) is 5.34. The molecule has 138 valence electrons. The summed E-state index contributed by atoms with van der Waals surface area (Å²) in [7, 11) is 0. The predicted molar refractivity (Wildman–Crippen MR) is 95.3 cm³/mol. The highest BCUT2D eigenvalue weighted by Gasteiger charge is 2.30. The smallest absolute Gasteiger partial charge is 0.347 e. The van der Waals surface area contributed by atoms with Gasteiger partial charge in [0.05, 0.1) is 0 Å². The third-order valence-corrected chi connectivity index (χ3v) is 3.56. The molecule has 1 aromatic rings. The number of nitrogens with zero attached hydrogens (tertiary/aromatic N) is 1. The summed E-state index contributed by atoms with van der Waals surface area (Å²) in [4.78, 5) is 17.3. The molecule has 2 atom stereocenters. The molecular weight excluding hydrogens is 346 g/mol. The van der Waals surface area contributed by atoms with Gasteiger partial charge in [-0.3, -0.25) is 0 Å². The van der Waals surface area contributed by atoms with Gasteiger partial charge < -0.3 is 19.0 Å². The highest BCUT2D eigenvalue weighted by atomic mass is 35.5. The summed E-state index contributed by atoms with van der Waals surface area (Å²) in [5.74, 6) is 0.0241. The van der Waals surface area contributed by atoms with E-state index in [1.807, 2.05) is 27.7 Å². The number of oxime groups is 1. The molecular formula is C18H24ClNO5. The normalized spacial score (nSPS) is 18.3. The van der Waals surface area contributed by atoms with Crippen molar-refractivity contribution in [2.24, 2.45) is 5.16 Å². The first-order valence-corrected chi connectivity index (χ1v) is 8.60. The lowest BCUT2D eigenvalue weighted by Crippen LogP contribution is -2.34. The Morgan fingerprint density at radius 2 is 2.16 bits per heavy atom. The minimum Gasteiger partial charge on any atom is -0.478 e. The molecule has 1 aromatic carbocycles. The Balaban J connectivity index is 2.23. The van der Waals surface area contributed by atoms with Crippen LogP contribution in [0.5, 0.6) is 5.75 Å². The summed E-state index contributed by atoms with van der Waals surface area (Å²) in [5.41, 5.74) is 0.649. The summed E-state index contributed by atoms with van der Waals surface area (Å²) in [6.45, 7) is 9.82. The SMILES string of the molecule is CCO[C@@H]1CON=C1c1cc(Cl)ccc1O[C@@H](C)C(=O)OC(C)(C)C. The number of hydrogen-bond acceptors (Lipinski definition) is 6. The molecule has 0 radical (unpaired) electrons.